The SMILES string of the molecule is O=C(COC(=O)CN1C(=O)[C@@H]2C[C@H](Br)[C@@H](Br)C[C@H]2C1=O)NNC(=O)c1ccc(Br)cc1. The fraction of sp³-hybridized carbons (Fsp3) is 0.421. The van der Waals surface area contributed by atoms with Crippen LogP contribution in [0.3, 0.4) is 0 Å². The average molecular weight is 624 g/mol. The molecule has 4 atom stereocenters. The number of likely N-dealkylation sites (tertiary alicyclic amines) is 1. The minimum Gasteiger partial charge on any atom is -0.454 e. The van der Waals surface area contributed by atoms with Gasteiger partial charge in [-0.15, -0.1) is 0 Å². The zero-order chi connectivity index (χ0) is 22.7. The molecular weight excluding hydrogens is 606 g/mol. The highest BCUT2D eigenvalue weighted by atomic mass is 79.9. The average Bonchev–Trinajstić information content (AvgIpc) is 2.95. The summed E-state index contributed by atoms with van der Waals surface area (Å²) in [5.41, 5.74) is 4.65. The van der Waals surface area contributed by atoms with Gasteiger partial charge in [0, 0.05) is 19.7 Å². The quantitative estimate of drug-likeness (QED) is 0.223. The molecule has 0 spiro atoms. The molecule has 166 valence electrons. The molecule has 12 heteroatoms. The molecule has 3 rings (SSSR count). The van der Waals surface area contributed by atoms with Gasteiger partial charge >= 0.3 is 5.97 Å². The molecule has 2 fully saturated rings. The number of alkyl halides is 2. The van der Waals surface area contributed by atoms with Crippen molar-refractivity contribution in [3.8, 4) is 0 Å². The predicted molar refractivity (Wildman–Crippen MR) is 119 cm³/mol. The molecule has 1 aliphatic heterocycles. The van der Waals surface area contributed by atoms with Crippen LogP contribution in [0, 0.1) is 11.8 Å². The fourth-order valence-corrected chi connectivity index (χ4v) is 4.98. The summed E-state index contributed by atoms with van der Waals surface area (Å²) in [6.07, 6.45) is 0.994. The summed E-state index contributed by atoms with van der Waals surface area (Å²) in [5.74, 6) is -3.93. The summed E-state index contributed by atoms with van der Waals surface area (Å²) in [6.45, 7) is -1.22. The number of imide groups is 1. The van der Waals surface area contributed by atoms with Gasteiger partial charge in [0.25, 0.3) is 11.8 Å². The second kappa shape index (κ2) is 10.2. The zero-order valence-corrected chi connectivity index (χ0v) is 20.7. The van der Waals surface area contributed by atoms with Crippen molar-refractivity contribution in [3.05, 3.63) is 34.3 Å². The van der Waals surface area contributed by atoms with Gasteiger partial charge in [0.2, 0.25) is 11.8 Å². The lowest BCUT2D eigenvalue weighted by Crippen LogP contribution is -2.44. The third kappa shape index (κ3) is 5.72. The van der Waals surface area contributed by atoms with Crippen molar-refractivity contribution in [1.29, 1.82) is 0 Å². The molecule has 0 radical (unpaired) electrons. The Bertz CT molecular complexity index is 882. The highest BCUT2D eigenvalue weighted by molar-refractivity contribution is 9.12. The Hall–Kier alpha value is -1.79. The van der Waals surface area contributed by atoms with Crippen LogP contribution in [0.5, 0.6) is 0 Å². The molecule has 1 aromatic rings. The molecule has 1 saturated heterocycles. The van der Waals surface area contributed by atoms with Crippen LogP contribution in [0.1, 0.15) is 23.2 Å². The first-order valence-corrected chi connectivity index (χ1v) is 11.9. The Labute approximate surface area is 203 Å². The number of carbonyl (C=O) groups is 5. The van der Waals surface area contributed by atoms with Crippen molar-refractivity contribution < 1.29 is 28.7 Å². The molecule has 2 N–H and O–H groups in total. The number of nitrogens with one attached hydrogen (secondary N) is 2. The molecule has 0 bridgehead atoms. The molecule has 9 nitrogen and oxygen atoms in total. The lowest BCUT2D eigenvalue weighted by molar-refractivity contribution is -0.155. The highest BCUT2D eigenvalue weighted by Gasteiger charge is 2.52. The number of hydrogen-bond acceptors (Lipinski definition) is 6. The van der Waals surface area contributed by atoms with Crippen LogP contribution in [0.25, 0.3) is 0 Å². The third-order valence-corrected chi connectivity index (χ3v) is 8.34. The Morgan fingerprint density at radius 1 is 0.968 bits per heavy atom. The van der Waals surface area contributed by atoms with E-state index >= 15 is 0 Å². The third-order valence-electron chi connectivity index (χ3n) is 5.08. The number of hydrazine groups is 1. The minimum absolute atomic E-state index is 0.0636. The summed E-state index contributed by atoms with van der Waals surface area (Å²) in [6, 6.07) is 6.46. The molecule has 1 heterocycles. The van der Waals surface area contributed by atoms with Crippen molar-refractivity contribution >= 4 is 77.4 Å². The van der Waals surface area contributed by atoms with Crippen LogP contribution in [-0.2, 0) is 23.9 Å². The zero-order valence-electron chi connectivity index (χ0n) is 16.0. The maximum atomic E-state index is 12.5. The number of benzene rings is 1. The van der Waals surface area contributed by atoms with E-state index in [4.69, 9.17) is 4.74 Å². The standard InChI is InChI=1S/C19H18Br3N3O6/c20-10-3-1-9(2-4-10)17(28)24-23-15(26)8-31-16(27)7-25-18(29)11-5-13(21)14(22)6-12(11)19(25)30/h1-4,11-14H,5-8H2,(H,23,26)(H,24,28)/t11-,12-,13+,14+/m1/s1. The van der Waals surface area contributed by atoms with Gasteiger partial charge in [-0.3, -0.25) is 39.7 Å². The maximum Gasteiger partial charge on any atom is 0.326 e. The number of esters is 1. The van der Waals surface area contributed by atoms with Gasteiger partial charge in [-0.25, -0.2) is 0 Å². The van der Waals surface area contributed by atoms with Crippen LogP contribution in [0.4, 0.5) is 0 Å². The highest BCUT2D eigenvalue weighted by Crippen LogP contribution is 2.43. The molecular formula is C19H18Br3N3O6. The Morgan fingerprint density at radius 2 is 1.52 bits per heavy atom. The lowest BCUT2D eigenvalue weighted by Gasteiger charge is -2.29. The van der Waals surface area contributed by atoms with Gasteiger partial charge in [-0.2, -0.15) is 0 Å². The fourth-order valence-electron chi connectivity index (χ4n) is 3.48. The largest absolute Gasteiger partial charge is 0.454 e. The van der Waals surface area contributed by atoms with Crippen LogP contribution >= 0.6 is 47.8 Å². The van der Waals surface area contributed by atoms with Crippen molar-refractivity contribution in [2.45, 2.75) is 22.5 Å². The van der Waals surface area contributed by atoms with Gasteiger partial charge in [0.1, 0.15) is 6.54 Å². The van der Waals surface area contributed by atoms with Gasteiger partial charge in [0.05, 0.1) is 11.8 Å². The number of carbonyl (C=O) groups excluding carboxylic acids is 5. The second-order valence-electron chi connectivity index (χ2n) is 7.15. The Morgan fingerprint density at radius 3 is 2.06 bits per heavy atom. The van der Waals surface area contributed by atoms with Crippen molar-refractivity contribution in [3.63, 3.8) is 0 Å². The summed E-state index contributed by atoms with van der Waals surface area (Å²) in [5, 5.41) is 0. The van der Waals surface area contributed by atoms with E-state index < -0.39 is 54.6 Å². The molecule has 2 aliphatic rings. The van der Waals surface area contributed by atoms with E-state index in [9.17, 15) is 24.0 Å². The van der Waals surface area contributed by atoms with E-state index in [-0.39, 0.29) is 9.65 Å². The van der Waals surface area contributed by atoms with Crippen LogP contribution in [0.15, 0.2) is 28.7 Å². The molecule has 4 amide bonds. The topological polar surface area (TPSA) is 122 Å². The van der Waals surface area contributed by atoms with Gasteiger partial charge < -0.3 is 4.74 Å². The summed E-state index contributed by atoms with van der Waals surface area (Å²) in [7, 11) is 0. The van der Waals surface area contributed by atoms with Gasteiger partial charge in [0.15, 0.2) is 6.61 Å². The summed E-state index contributed by atoms with van der Waals surface area (Å²) >= 11 is 10.2. The van der Waals surface area contributed by atoms with Crippen LogP contribution in [0.2, 0.25) is 0 Å². The first-order chi connectivity index (χ1) is 14.7. The van der Waals surface area contributed by atoms with E-state index in [1.54, 1.807) is 24.3 Å². The number of nitrogens with zero attached hydrogens (tertiary/aromatic N) is 1. The second-order valence-corrected chi connectivity index (χ2v) is 10.4. The number of amides is 4. The van der Waals surface area contributed by atoms with E-state index in [2.05, 4.69) is 58.6 Å². The van der Waals surface area contributed by atoms with Crippen molar-refractivity contribution in [1.82, 2.24) is 15.8 Å². The van der Waals surface area contributed by atoms with Crippen molar-refractivity contribution in [2.24, 2.45) is 11.8 Å². The minimum atomic E-state index is -0.888. The molecule has 31 heavy (non-hydrogen) atoms. The summed E-state index contributed by atoms with van der Waals surface area (Å²) < 4.78 is 5.64. The molecule has 1 aliphatic carbocycles. The maximum absolute atomic E-state index is 12.5. The number of halogens is 3. The number of fused-ring (bicyclic) bond motifs is 1. The number of hydrogen-bond donors (Lipinski definition) is 2. The lowest BCUT2D eigenvalue weighted by atomic mass is 9.81. The summed E-state index contributed by atoms with van der Waals surface area (Å²) in [4.78, 5) is 61.9. The monoisotopic (exact) mass is 621 g/mol. The van der Waals surface area contributed by atoms with E-state index in [0.29, 0.717) is 18.4 Å². The number of rotatable bonds is 5. The molecule has 0 aromatic heterocycles. The van der Waals surface area contributed by atoms with Gasteiger partial charge in [-0.05, 0) is 37.1 Å². The van der Waals surface area contributed by atoms with E-state index in [0.717, 1.165) is 9.37 Å². The van der Waals surface area contributed by atoms with E-state index in [1.165, 1.54) is 0 Å². The van der Waals surface area contributed by atoms with Crippen LogP contribution in [-0.4, -0.2) is 57.3 Å². The first kappa shape index (κ1) is 23.9. The number of ether oxygens (including phenoxy) is 1. The predicted octanol–water partition coefficient (Wildman–Crippen LogP) is 1.68. The van der Waals surface area contributed by atoms with E-state index in [1.807, 2.05) is 0 Å². The molecule has 1 saturated carbocycles. The Balaban J connectivity index is 1.44. The first-order valence-electron chi connectivity index (χ1n) is 9.31. The molecule has 0 unspecified atom stereocenters. The normalized spacial score (nSPS) is 25.1. The van der Waals surface area contributed by atoms with Crippen LogP contribution < -0.4 is 10.9 Å². The molecule has 1 aromatic carbocycles. The van der Waals surface area contributed by atoms with Crippen molar-refractivity contribution in [2.75, 3.05) is 13.2 Å². The Kier molecular flexibility index (Phi) is 7.87. The smallest absolute Gasteiger partial charge is 0.326 e. The van der Waals surface area contributed by atoms with Gasteiger partial charge in [-0.1, -0.05) is 47.8 Å².